The number of fused-ring (bicyclic) bond motifs is 6. The second-order valence-corrected chi connectivity index (χ2v) is 14.1. The number of hydrogen-bond donors (Lipinski definition) is 1. The molecule has 2 aliphatic carbocycles. The van der Waals surface area contributed by atoms with Gasteiger partial charge in [-0.15, -0.1) is 0 Å². The third kappa shape index (κ3) is 3.68. The molecule has 11 nitrogen and oxygen atoms in total. The van der Waals surface area contributed by atoms with Gasteiger partial charge in [-0.3, -0.25) is 19.0 Å². The highest BCUT2D eigenvalue weighted by molar-refractivity contribution is 7.87. The Morgan fingerprint density at radius 3 is 2.54 bits per heavy atom. The lowest BCUT2D eigenvalue weighted by atomic mass is 9.95. The van der Waals surface area contributed by atoms with Crippen LogP contribution in [0.3, 0.4) is 0 Å². The molecule has 1 N–H and O–H groups in total. The molecular formula is C27H29ClFN5O6S. The van der Waals surface area contributed by atoms with Crippen LogP contribution in [0.1, 0.15) is 51.2 Å². The third-order valence-corrected chi connectivity index (χ3v) is 11.9. The Bertz CT molecular complexity index is 1700. The summed E-state index contributed by atoms with van der Waals surface area (Å²) in [6, 6.07) is 4.14. The average molecular weight is 606 g/mol. The number of carbonyl (C=O) groups excluding carboxylic acids is 2. The Hall–Kier alpha value is -3.00. The molecule has 2 aromatic rings. The number of aromatic hydroxyl groups is 1. The first-order valence-corrected chi connectivity index (χ1v) is 15.5. The van der Waals surface area contributed by atoms with Gasteiger partial charge in [-0.1, -0.05) is 17.7 Å². The van der Waals surface area contributed by atoms with Gasteiger partial charge in [0.15, 0.2) is 5.75 Å². The van der Waals surface area contributed by atoms with Gasteiger partial charge >= 0.3 is 0 Å². The highest BCUT2D eigenvalue weighted by Crippen LogP contribution is 2.64. The molecule has 1 spiro atoms. The predicted octanol–water partition coefficient (Wildman–Crippen LogP) is 1.58. The van der Waals surface area contributed by atoms with Crippen LogP contribution in [0, 0.1) is 17.7 Å². The number of likely N-dealkylation sites (N-methyl/N-ethyl adjacent to an activating group) is 1. The second kappa shape index (κ2) is 9.00. The molecule has 2 saturated carbocycles. The molecule has 3 atom stereocenters. The largest absolute Gasteiger partial charge is 0.502 e. The average Bonchev–Trinajstić information content (AvgIpc) is 3.49. The van der Waals surface area contributed by atoms with E-state index in [4.69, 9.17) is 11.6 Å². The number of benzene rings is 1. The van der Waals surface area contributed by atoms with Crippen LogP contribution in [0.25, 0.3) is 0 Å². The van der Waals surface area contributed by atoms with Gasteiger partial charge in [-0.25, -0.2) is 4.39 Å². The number of nitrogens with zero attached hydrogens (tertiary/aromatic N) is 5. The molecule has 41 heavy (non-hydrogen) atoms. The van der Waals surface area contributed by atoms with Crippen LogP contribution in [0.15, 0.2) is 23.0 Å². The van der Waals surface area contributed by atoms with Crippen molar-refractivity contribution in [1.29, 1.82) is 0 Å². The second-order valence-electron chi connectivity index (χ2n) is 11.6. The summed E-state index contributed by atoms with van der Waals surface area (Å²) in [5, 5.41) is 11.1. The molecule has 7 rings (SSSR count). The Morgan fingerprint density at radius 1 is 1.12 bits per heavy atom. The Kier molecular flexibility index (Phi) is 5.90. The van der Waals surface area contributed by atoms with Crippen LogP contribution < -0.4 is 5.56 Å². The van der Waals surface area contributed by atoms with Crippen molar-refractivity contribution in [2.75, 3.05) is 39.8 Å². The number of pyridine rings is 1. The molecule has 14 heteroatoms. The number of carbonyl (C=O) groups is 2. The quantitative estimate of drug-likeness (QED) is 0.552. The molecule has 0 radical (unpaired) electrons. The number of hydrogen-bond acceptors (Lipinski definition) is 6. The topological polar surface area (TPSA) is 123 Å². The summed E-state index contributed by atoms with van der Waals surface area (Å²) in [5.41, 5.74) is -0.906. The van der Waals surface area contributed by atoms with E-state index in [1.165, 1.54) is 43.3 Å². The molecule has 0 bridgehead atoms. The first-order chi connectivity index (χ1) is 19.5. The number of rotatable bonds is 5. The maximum atomic E-state index is 14.2. The number of amides is 2. The van der Waals surface area contributed by atoms with Crippen LogP contribution in [0.2, 0.25) is 5.02 Å². The van der Waals surface area contributed by atoms with Crippen LogP contribution in [-0.4, -0.2) is 88.1 Å². The lowest BCUT2D eigenvalue weighted by molar-refractivity contribution is 0.0244. The summed E-state index contributed by atoms with van der Waals surface area (Å²) in [6.07, 6.45) is 2.41. The summed E-state index contributed by atoms with van der Waals surface area (Å²) in [4.78, 5) is 44.7. The van der Waals surface area contributed by atoms with E-state index < -0.39 is 44.8 Å². The van der Waals surface area contributed by atoms with Gasteiger partial charge in [0.1, 0.15) is 17.2 Å². The zero-order valence-electron chi connectivity index (χ0n) is 22.3. The molecule has 218 valence electrons. The lowest BCUT2D eigenvalue weighted by Gasteiger charge is -2.38. The normalized spacial score (nSPS) is 28.5. The van der Waals surface area contributed by atoms with Crippen molar-refractivity contribution < 1.29 is 27.5 Å². The highest BCUT2D eigenvalue weighted by atomic mass is 35.5. The Labute approximate surface area is 240 Å². The first kappa shape index (κ1) is 26.9. The van der Waals surface area contributed by atoms with E-state index in [1.54, 1.807) is 4.90 Å². The van der Waals surface area contributed by atoms with Crippen molar-refractivity contribution in [2.24, 2.45) is 11.8 Å². The van der Waals surface area contributed by atoms with Gasteiger partial charge in [0.05, 0.1) is 10.6 Å². The fraction of sp³-hybridized carbons (Fsp3) is 0.519. The monoisotopic (exact) mass is 605 g/mol. The SMILES string of the molecule is CN1CCN(CCN2C(=O)c3c4c(c(O)c(=O)n3C23CCC2CC23)C(=O)N(Cc2ccc(F)c(Cl)c2)CC4)S1(=O)=O. The molecule has 1 aromatic heterocycles. The molecule has 3 unspecified atom stereocenters. The lowest BCUT2D eigenvalue weighted by Crippen LogP contribution is -2.52. The summed E-state index contributed by atoms with van der Waals surface area (Å²) >= 11 is 5.91. The van der Waals surface area contributed by atoms with Crippen molar-refractivity contribution in [3.05, 3.63) is 61.8 Å². The van der Waals surface area contributed by atoms with E-state index in [9.17, 15) is 32.3 Å². The Balaban J connectivity index is 1.27. The summed E-state index contributed by atoms with van der Waals surface area (Å²) in [5.74, 6) is -1.89. The standard InChI is InChI=1S/C27H29ClFN5O6S/c1-30-8-9-32(41(30,39)40)10-11-33-25(37)22-17-5-7-31(14-15-2-3-20(29)19(28)12-15)24(36)21(17)23(35)26(38)34(22)27(33)6-4-16-13-18(16)27/h2-3,12,16,18,35H,4-11,13-14H2,1H3. The number of halogens is 2. The van der Waals surface area contributed by atoms with Crippen LogP contribution in [0.5, 0.6) is 5.75 Å². The van der Waals surface area contributed by atoms with Gasteiger partial charge in [-0.05, 0) is 49.3 Å². The van der Waals surface area contributed by atoms with Crippen molar-refractivity contribution in [2.45, 2.75) is 37.9 Å². The molecule has 1 aromatic carbocycles. The van der Waals surface area contributed by atoms with Crippen molar-refractivity contribution in [3.8, 4) is 5.75 Å². The van der Waals surface area contributed by atoms with Crippen LogP contribution in [0.4, 0.5) is 4.39 Å². The Morgan fingerprint density at radius 2 is 1.90 bits per heavy atom. The van der Waals surface area contributed by atoms with E-state index in [0.29, 0.717) is 36.6 Å². The third-order valence-electron chi connectivity index (χ3n) is 9.60. The minimum Gasteiger partial charge on any atom is -0.502 e. The van der Waals surface area contributed by atoms with Gasteiger partial charge in [0.25, 0.3) is 27.6 Å². The van der Waals surface area contributed by atoms with Crippen molar-refractivity contribution in [1.82, 2.24) is 23.0 Å². The summed E-state index contributed by atoms with van der Waals surface area (Å²) in [6.45, 7) is 1.15. The fourth-order valence-corrected chi connectivity index (χ4v) is 9.00. The highest BCUT2D eigenvalue weighted by Gasteiger charge is 2.67. The fourth-order valence-electron chi connectivity index (χ4n) is 7.46. The molecule has 1 saturated heterocycles. The first-order valence-electron chi connectivity index (χ1n) is 13.7. The molecular weight excluding hydrogens is 577 g/mol. The maximum Gasteiger partial charge on any atom is 0.296 e. The minimum atomic E-state index is -3.61. The summed E-state index contributed by atoms with van der Waals surface area (Å²) < 4.78 is 43.1. The van der Waals surface area contributed by atoms with Gasteiger partial charge < -0.3 is 14.9 Å². The zero-order valence-corrected chi connectivity index (χ0v) is 23.9. The van der Waals surface area contributed by atoms with Crippen molar-refractivity contribution >= 4 is 33.6 Å². The zero-order chi connectivity index (χ0) is 29.0. The van der Waals surface area contributed by atoms with Crippen LogP contribution in [-0.2, 0) is 28.8 Å². The number of aromatic nitrogens is 1. The van der Waals surface area contributed by atoms with Crippen LogP contribution >= 0.6 is 11.6 Å². The predicted molar refractivity (Wildman–Crippen MR) is 145 cm³/mol. The van der Waals surface area contributed by atoms with E-state index in [2.05, 4.69) is 0 Å². The van der Waals surface area contributed by atoms with Gasteiger partial charge in [-0.2, -0.15) is 17.0 Å². The maximum absolute atomic E-state index is 14.2. The van der Waals surface area contributed by atoms with E-state index in [-0.39, 0.29) is 54.8 Å². The molecule has 5 aliphatic rings. The summed E-state index contributed by atoms with van der Waals surface area (Å²) in [7, 11) is -2.10. The smallest absolute Gasteiger partial charge is 0.296 e. The molecule has 3 fully saturated rings. The molecule has 2 amide bonds. The molecule has 4 heterocycles. The van der Waals surface area contributed by atoms with E-state index >= 15 is 0 Å². The molecule has 3 aliphatic heterocycles. The van der Waals surface area contributed by atoms with E-state index in [0.717, 1.165) is 12.8 Å². The van der Waals surface area contributed by atoms with Gasteiger partial charge in [0.2, 0.25) is 0 Å². The van der Waals surface area contributed by atoms with E-state index in [1.807, 2.05) is 0 Å². The van der Waals surface area contributed by atoms with Crippen molar-refractivity contribution in [3.63, 3.8) is 0 Å². The minimum absolute atomic E-state index is 0.0275. The van der Waals surface area contributed by atoms with Gasteiger partial charge in [0, 0.05) is 57.8 Å².